The molecule has 112 valence electrons. The van der Waals surface area contributed by atoms with Gasteiger partial charge in [0.05, 0.1) is 7.11 Å². The maximum Gasteiger partial charge on any atom is 0.244 e. The number of aryl methyl sites for hydroxylation is 2. The molecule has 0 bridgehead atoms. The van der Waals surface area contributed by atoms with Gasteiger partial charge in [-0.15, -0.1) is 0 Å². The molecule has 1 aliphatic rings. The van der Waals surface area contributed by atoms with E-state index >= 15 is 0 Å². The van der Waals surface area contributed by atoms with Crippen LogP contribution in [0.5, 0.6) is 5.75 Å². The van der Waals surface area contributed by atoms with Gasteiger partial charge in [-0.25, -0.2) is 13.1 Å². The van der Waals surface area contributed by atoms with Crippen molar-refractivity contribution in [3.63, 3.8) is 0 Å². The van der Waals surface area contributed by atoms with Crippen LogP contribution in [0.1, 0.15) is 24.0 Å². The maximum absolute atomic E-state index is 12.6. The summed E-state index contributed by atoms with van der Waals surface area (Å²) in [6, 6.07) is 3.52. The highest BCUT2D eigenvalue weighted by atomic mass is 32.2. The molecule has 0 spiro atoms. The number of rotatable bonds is 4. The Balaban J connectivity index is 2.33. The Morgan fingerprint density at radius 3 is 2.70 bits per heavy atom. The monoisotopic (exact) mass is 298 g/mol. The molecule has 0 saturated carbocycles. The lowest BCUT2D eigenvalue weighted by atomic mass is 10.1. The molecule has 1 unspecified atom stereocenters. The van der Waals surface area contributed by atoms with E-state index in [2.05, 4.69) is 10.0 Å². The van der Waals surface area contributed by atoms with Gasteiger partial charge < -0.3 is 10.1 Å². The highest BCUT2D eigenvalue weighted by Crippen LogP contribution is 2.29. The standard InChI is InChI=1S/C14H22N2O3S/c1-10-7-11(2)14(19-3)13(8-10)20(17,18)16-12-5-4-6-15-9-12/h7-8,12,15-16H,4-6,9H2,1-3H3. The molecule has 1 heterocycles. The van der Waals surface area contributed by atoms with E-state index in [4.69, 9.17) is 4.74 Å². The average Bonchev–Trinajstić information content (AvgIpc) is 2.38. The molecule has 0 amide bonds. The number of benzene rings is 1. The molecule has 0 radical (unpaired) electrons. The Labute approximate surface area is 120 Å². The molecule has 6 heteroatoms. The van der Waals surface area contributed by atoms with E-state index in [1.165, 1.54) is 7.11 Å². The fourth-order valence-electron chi connectivity index (χ4n) is 2.61. The minimum absolute atomic E-state index is 0.0562. The smallest absolute Gasteiger partial charge is 0.244 e. The molecule has 0 aliphatic carbocycles. The predicted molar refractivity (Wildman–Crippen MR) is 78.7 cm³/mol. The first-order valence-electron chi connectivity index (χ1n) is 6.82. The molecular formula is C14H22N2O3S. The molecule has 1 saturated heterocycles. The lowest BCUT2D eigenvalue weighted by Crippen LogP contribution is -2.45. The van der Waals surface area contributed by atoms with Gasteiger partial charge in [-0.1, -0.05) is 6.07 Å². The average molecular weight is 298 g/mol. The minimum Gasteiger partial charge on any atom is -0.495 e. The van der Waals surface area contributed by atoms with Crippen LogP contribution >= 0.6 is 0 Å². The number of nitrogens with one attached hydrogen (secondary N) is 2. The molecule has 1 aromatic rings. The number of hydrogen-bond acceptors (Lipinski definition) is 4. The normalized spacial score (nSPS) is 19.9. The highest BCUT2D eigenvalue weighted by molar-refractivity contribution is 7.89. The van der Waals surface area contributed by atoms with Gasteiger partial charge in [0.2, 0.25) is 10.0 Å². The third-order valence-corrected chi connectivity index (χ3v) is 5.02. The lowest BCUT2D eigenvalue weighted by molar-refractivity contribution is 0.396. The largest absolute Gasteiger partial charge is 0.495 e. The molecule has 1 aliphatic heterocycles. The molecule has 20 heavy (non-hydrogen) atoms. The van der Waals surface area contributed by atoms with Crippen LogP contribution in [-0.2, 0) is 10.0 Å². The molecule has 5 nitrogen and oxygen atoms in total. The Bertz CT molecular complexity index is 578. The fraction of sp³-hybridized carbons (Fsp3) is 0.571. The van der Waals surface area contributed by atoms with Crippen molar-refractivity contribution in [2.24, 2.45) is 0 Å². The van der Waals surface area contributed by atoms with Gasteiger partial charge in [-0.2, -0.15) is 0 Å². The van der Waals surface area contributed by atoms with Gasteiger partial charge in [0, 0.05) is 12.6 Å². The number of ether oxygens (including phenoxy) is 1. The van der Waals surface area contributed by atoms with Crippen molar-refractivity contribution in [1.29, 1.82) is 0 Å². The van der Waals surface area contributed by atoms with Crippen LogP contribution in [0.15, 0.2) is 17.0 Å². The van der Waals surface area contributed by atoms with Crippen molar-refractivity contribution < 1.29 is 13.2 Å². The second kappa shape index (κ2) is 6.11. The summed E-state index contributed by atoms with van der Waals surface area (Å²) >= 11 is 0. The molecule has 2 N–H and O–H groups in total. The number of piperidine rings is 1. The zero-order chi connectivity index (χ0) is 14.8. The Morgan fingerprint density at radius 1 is 1.35 bits per heavy atom. The third-order valence-electron chi connectivity index (χ3n) is 3.50. The topological polar surface area (TPSA) is 67.4 Å². The molecule has 1 fully saturated rings. The van der Waals surface area contributed by atoms with Crippen LogP contribution in [-0.4, -0.2) is 34.7 Å². The van der Waals surface area contributed by atoms with Crippen LogP contribution in [0.25, 0.3) is 0 Å². The first-order chi connectivity index (χ1) is 9.44. The van der Waals surface area contributed by atoms with Crippen molar-refractivity contribution in [2.45, 2.75) is 37.6 Å². The van der Waals surface area contributed by atoms with E-state index in [0.29, 0.717) is 12.3 Å². The molecule has 0 aromatic heterocycles. The zero-order valence-corrected chi connectivity index (χ0v) is 13.0. The van der Waals surface area contributed by atoms with Crippen molar-refractivity contribution in [3.05, 3.63) is 23.3 Å². The molecular weight excluding hydrogens is 276 g/mol. The number of methoxy groups -OCH3 is 1. The highest BCUT2D eigenvalue weighted by Gasteiger charge is 2.25. The minimum atomic E-state index is -3.56. The summed E-state index contributed by atoms with van der Waals surface area (Å²) in [4.78, 5) is 0.225. The van der Waals surface area contributed by atoms with E-state index < -0.39 is 10.0 Å². The second-order valence-corrected chi connectivity index (χ2v) is 6.96. The first-order valence-corrected chi connectivity index (χ1v) is 8.30. The lowest BCUT2D eigenvalue weighted by Gasteiger charge is -2.24. The van der Waals surface area contributed by atoms with Gasteiger partial charge in [0.25, 0.3) is 0 Å². The van der Waals surface area contributed by atoms with Crippen LogP contribution in [0.4, 0.5) is 0 Å². The van der Waals surface area contributed by atoms with Crippen molar-refractivity contribution in [1.82, 2.24) is 10.0 Å². The van der Waals surface area contributed by atoms with E-state index in [-0.39, 0.29) is 10.9 Å². The first kappa shape index (κ1) is 15.3. The summed E-state index contributed by atoms with van der Waals surface area (Å²) in [6.45, 7) is 5.36. The zero-order valence-electron chi connectivity index (χ0n) is 12.2. The summed E-state index contributed by atoms with van der Waals surface area (Å²) in [5.74, 6) is 0.423. The van der Waals surface area contributed by atoms with E-state index in [1.807, 2.05) is 19.9 Å². The molecule has 1 atom stereocenters. The second-order valence-electron chi connectivity index (χ2n) is 5.28. The van der Waals surface area contributed by atoms with Crippen molar-refractivity contribution in [2.75, 3.05) is 20.2 Å². The van der Waals surface area contributed by atoms with Crippen LogP contribution in [0.2, 0.25) is 0 Å². The summed E-state index contributed by atoms with van der Waals surface area (Å²) in [6.07, 6.45) is 1.84. The number of sulfonamides is 1. The summed E-state index contributed by atoms with van der Waals surface area (Å²) in [5.41, 5.74) is 1.74. The Kier molecular flexibility index (Phi) is 4.67. The summed E-state index contributed by atoms with van der Waals surface area (Å²) in [5, 5.41) is 3.20. The van der Waals surface area contributed by atoms with Gasteiger partial charge in [0.15, 0.2) is 0 Å². The van der Waals surface area contributed by atoms with E-state index in [1.54, 1.807) is 6.07 Å². The fourth-order valence-corrected chi connectivity index (χ4v) is 4.21. The van der Waals surface area contributed by atoms with Crippen LogP contribution in [0, 0.1) is 13.8 Å². The maximum atomic E-state index is 12.6. The van der Waals surface area contributed by atoms with Crippen LogP contribution in [0.3, 0.4) is 0 Å². The third kappa shape index (κ3) is 3.31. The van der Waals surface area contributed by atoms with Crippen molar-refractivity contribution >= 4 is 10.0 Å². The summed E-state index contributed by atoms with van der Waals surface area (Å²) in [7, 11) is -2.06. The van der Waals surface area contributed by atoms with Crippen LogP contribution < -0.4 is 14.8 Å². The van der Waals surface area contributed by atoms with Gasteiger partial charge in [0.1, 0.15) is 10.6 Å². The van der Waals surface area contributed by atoms with Gasteiger partial charge in [-0.3, -0.25) is 0 Å². The summed E-state index contributed by atoms with van der Waals surface area (Å²) < 4.78 is 33.2. The Morgan fingerprint density at radius 2 is 2.10 bits per heavy atom. The van der Waals surface area contributed by atoms with Crippen molar-refractivity contribution in [3.8, 4) is 5.75 Å². The predicted octanol–water partition coefficient (Wildman–Crippen LogP) is 1.34. The van der Waals surface area contributed by atoms with Gasteiger partial charge >= 0.3 is 0 Å². The number of hydrogen-bond donors (Lipinski definition) is 2. The van der Waals surface area contributed by atoms with E-state index in [0.717, 1.165) is 30.5 Å². The molecule has 2 rings (SSSR count). The Hall–Kier alpha value is -1.11. The van der Waals surface area contributed by atoms with Gasteiger partial charge in [-0.05, 0) is 50.4 Å². The SMILES string of the molecule is COc1c(C)cc(C)cc1S(=O)(=O)NC1CCCNC1. The molecule has 1 aromatic carbocycles. The quantitative estimate of drug-likeness (QED) is 0.880. The van der Waals surface area contributed by atoms with E-state index in [9.17, 15) is 8.42 Å².